The van der Waals surface area contributed by atoms with Gasteiger partial charge in [-0.05, 0) is 30.5 Å². The summed E-state index contributed by atoms with van der Waals surface area (Å²) in [7, 11) is 0. The van der Waals surface area contributed by atoms with E-state index in [0.29, 0.717) is 18.5 Å². The second-order valence-corrected chi connectivity index (χ2v) is 6.35. The summed E-state index contributed by atoms with van der Waals surface area (Å²) in [6.07, 6.45) is 4.21. The van der Waals surface area contributed by atoms with Crippen LogP contribution in [-0.2, 0) is 4.79 Å². The van der Waals surface area contributed by atoms with Crippen LogP contribution in [0.1, 0.15) is 30.6 Å². The molecule has 3 heterocycles. The minimum Gasteiger partial charge on any atom is -0.481 e. The van der Waals surface area contributed by atoms with Gasteiger partial charge in [-0.1, -0.05) is 19.9 Å². The fourth-order valence-corrected chi connectivity index (χ4v) is 3.25. The summed E-state index contributed by atoms with van der Waals surface area (Å²) in [4.78, 5) is 26.0. The number of aromatic nitrogens is 1. The van der Waals surface area contributed by atoms with Gasteiger partial charge < -0.3 is 14.4 Å². The quantitative estimate of drug-likeness (QED) is 0.947. The molecule has 1 aliphatic rings. The van der Waals surface area contributed by atoms with Crippen LogP contribution in [0.4, 0.5) is 0 Å². The van der Waals surface area contributed by atoms with E-state index in [9.17, 15) is 14.7 Å². The van der Waals surface area contributed by atoms with Crippen molar-refractivity contribution in [2.45, 2.75) is 20.3 Å². The summed E-state index contributed by atoms with van der Waals surface area (Å²) in [5, 5.41) is 9.58. The fraction of sp³-hybridized carbons (Fsp3) is 0.412. The Bertz CT molecular complexity index is 701. The first-order chi connectivity index (χ1) is 10.4. The van der Waals surface area contributed by atoms with Gasteiger partial charge in [-0.15, -0.1) is 0 Å². The highest BCUT2D eigenvalue weighted by Crippen LogP contribution is 2.38. The number of amides is 1. The maximum Gasteiger partial charge on any atom is 0.311 e. The van der Waals surface area contributed by atoms with Crippen molar-refractivity contribution in [1.29, 1.82) is 0 Å². The first kappa shape index (κ1) is 14.6. The third kappa shape index (κ3) is 2.17. The summed E-state index contributed by atoms with van der Waals surface area (Å²) >= 11 is 0. The van der Waals surface area contributed by atoms with E-state index in [1.807, 2.05) is 48.7 Å². The first-order valence-electron chi connectivity index (χ1n) is 7.53. The maximum absolute atomic E-state index is 12.7. The van der Waals surface area contributed by atoms with Crippen molar-refractivity contribution in [3.63, 3.8) is 0 Å². The Morgan fingerprint density at radius 1 is 1.32 bits per heavy atom. The predicted octanol–water partition coefficient (Wildman–Crippen LogP) is 2.51. The molecule has 0 radical (unpaired) electrons. The van der Waals surface area contributed by atoms with Gasteiger partial charge in [-0.25, -0.2) is 0 Å². The minimum atomic E-state index is -0.825. The lowest BCUT2D eigenvalue weighted by Crippen LogP contribution is -2.40. The van der Waals surface area contributed by atoms with Crippen molar-refractivity contribution in [2.24, 2.45) is 11.3 Å². The molecule has 0 aromatic carbocycles. The van der Waals surface area contributed by atoms with Gasteiger partial charge in [0.1, 0.15) is 0 Å². The van der Waals surface area contributed by atoms with Crippen molar-refractivity contribution in [3.8, 4) is 0 Å². The smallest absolute Gasteiger partial charge is 0.311 e. The Balaban J connectivity index is 1.86. The lowest BCUT2D eigenvalue weighted by atomic mass is 9.76. The molecule has 0 saturated carbocycles. The Hall–Kier alpha value is -2.30. The molecule has 3 rings (SSSR count). The van der Waals surface area contributed by atoms with Gasteiger partial charge in [0.25, 0.3) is 5.91 Å². The highest BCUT2D eigenvalue weighted by molar-refractivity contribution is 5.96. The summed E-state index contributed by atoms with van der Waals surface area (Å²) in [5.74, 6) is -0.900. The zero-order chi connectivity index (χ0) is 15.9. The number of carboxylic acid groups (broad SMARTS) is 1. The van der Waals surface area contributed by atoms with E-state index < -0.39 is 11.4 Å². The SMILES string of the molecule is CC(C)C1(C(=O)O)CCN(C(=O)c2cc3ccccn3c2)C1. The van der Waals surface area contributed by atoms with Crippen LogP contribution in [0.25, 0.3) is 5.52 Å². The monoisotopic (exact) mass is 300 g/mol. The van der Waals surface area contributed by atoms with Crippen LogP contribution in [-0.4, -0.2) is 39.4 Å². The molecule has 0 spiro atoms. The van der Waals surface area contributed by atoms with Gasteiger partial charge in [-0.2, -0.15) is 0 Å². The number of carboxylic acids is 1. The van der Waals surface area contributed by atoms with Gasteiger partial charge >= 0.3 is 5.97 Å². The molecular weight excluding hydrogens is 280 g/mol. The van der Waals surface area contributed by atoms with Crippen molar-refractivity contribution in [1.82, 2.24) is 9.30 Å². The molecule has 0 aliphatic carbocycles. The number of nitrogens with zero attached hydrogens (tertiary/aromatic N) is 2. The lowest BCUT2D eigenvalue weighted by Gasteiger charge is -2.28. The molecule has 5 heteroatoms. The molecule has 2 aromatic heterocycles. The Morgan fingerprint density at radius 2 is 2.09 bits per heavy atom. The standard InChI is InChI=1S/C17H20N2O3/c1-12(2)17(16(21)22)6-8-19(11-17)15(20)13-9-14-5-3-4-7-18(14)10-13/h3-5,7,9-10,12H,6,8,11H2,1-2H3,(H,21,22). The number of hydrogen-bond donors (Lipinski definition) is 1. The van der Waals surface area contributed by atoms with Crippen LogP contribution in [0.3, 0.4) is 0 Å². The van der Waals surface area contributed by atoms with Crippen LogP contribution in [0.15, 0.2) is 36.7 Å². The first-order valence-corrected chi connectivity index (χ1v) is 7.53. The number of carbonyl (C=O) groups excluding carboxylic acids is 1. The van der Waals surface area contributed by atoms with Crippen molar-refractivity contribution in [3.05, 3.63) is 42.2 Å². The summed E-state index contributed by atoms with van der Waals surface area (Å²) in [5.41, 5.74) is 0.740. The summed E-state index contributed by atoms with van der Waals surface area (Å²) < 4.78 is 1.90. The normalized spacial score (nSPS) is 21.7. The van der Waals surface area contributed by atoms with E-state index in [1.54, 1.807) is 11.1 Å². The Labute approximate surface area is 129 Å². The van der Waals surface area contributed by atoms with Crippen molar-refractivity contribution < 1.29 is 14.7 Å². The predicted molar refractivity (Wildman–Crippen MR) is 82.8 cm³/mol. The molecule has 1 N–H and O–H groups in total. The van der Waals surface area contributed by atoms with Gasteiger partial charge in [0.2, 0.25) is 0 Å². The highest BCUT2D eigenvalue weighted by Gasteiger charge is 2.48. The molecule has 1 aliphatic heterocycles. The fourth-order valence-electron chi connectivity index (χ4n) is 3.25. The van der Waals surface area contributed by atoms with Crippen LogP contribution >= 0.6 is 0 Å². The number of aliphatic carboxylic acids is 1. The van der Waals surface area contributed by atoms with Gasteiger partial charge in [0, 0.05) is 31.0 Å². The third-order valence-corrected chi connectivity index (χ3v) is 4.87. The molecule has 1 atom stereocenters. The average Bonchev–Trinajstić information content (AvgIpc) is 3.11. The van der Waals surface area contributed by atoms with Crippen LogP contribution in [0.5, 0.6) is 0 Å². The van der Waals surface area contributed by atoms with Crippen LogP contribution in [0, 0.1) is 11.3 Å². The van der Waals surface area contributed by atoms with E-state index in [-0.39, 0.29) is 18.4 Å². The Morgan fingerprint density at radius 3 is 2.68 bits per heavy atom. The number of hydrogen-bond acceptors (Lipinski definition) is 2. The number of rotatable bonds is 3. The molecule has 1 amide bonds. The summed E-state index contributed by atoms with van der Waals surface area (Å²) in [6.45, 7) is 4.60. The van der Waals surface area contributed by atoms with Gasteiger partial charge in [-0.3, -0.25) is 9.59 Å². The van der Waals surface area contributed by atoms with E-state index in [2.05, 4.69) is 0 Å². The summed E-state index contributed by atoms with van der Waals surface area (Å²) in [6, 6.07) is 7.62. The zero-order valence-corrected chi connectivity index (χ0v) is 12.8. The lowest BCUT2D eigenvalue weighted by molar-refractivity contribution is -0.150. The zero-order valence-electron chi connectivity index (χ0n) is 12.8. The molecule has 1 fully saturated rings. The molecule has 2 aromatic rings. The number of fused-ring (bicyclic) bond motifs is 1. The Kier molecular flexibility index (Phi) is 3.43. The average molecular weight is 300 g/mol. The molecule has 116 valence electrons. The molecule has 1 saturated heterocycles. The third-order valence-electron chi connectivity index (χ3n) is 4.87. The van der Waals surface area contributed by atoms with Gasteiger partial charge in [0.05, 0.1) is 11.0 Å². The van der Waals surface area contributed by atoms with Crippen molar-refractivity contribution in [2.75, 3.05) is 13.1 Å². The molecule has 5 nitrogen and oxygen atoms in total. The van der Waals surface area contributed by atoms with Crippen LogP contribution < -0.4 is 0 Å². The number of pyridine rings is 1. The van der Waals surface area contributed by atoms with E-state index >= 15 is 0 Å². The largest absolute Gasteiger partial charge is 0.481 e. The molecule has 22 heavy (non-hydrogen) atoms. The molecule has 0 bridgehead atoms. The maximum atomic E-state index is 12.7. The van der Waals surface area contributed by atoms with Gasteiger partial charge in [0.15, 0.2) is 0 Å². The topological polar surface area (TPSA) is 62.0 Å². The minimum absolute atomic E-state index is 0.00379. The number of carbonyl (C=O) groups is 2. The van der Waals surface area contributed by atoms with Crippen molar-refractivity contribution >= 4 is 17.4 Å². The van der Waals surface area contributed by atoms with E-state index in [1.165, 1.54) is 0 Å². The molecule has 1 unspecified atom stereocenters. The molecular formula is C17H20N2O3. The second-order valence-electron chi connectivity index (χ2n) is 6.35. The van der Waals surface area contributed by atoms with E-state index in [0.717, 1.165) is 5.52 Å². The van der Waals surface area contributed by atoms with E-state index in [4.69, 9.17) is 0 Å². The number of likely N-dealkylation sites (tertiary alicyclic amines) is 1. The highest BCUT2D eigenvalue weighted by atomic mass is 16.4. The van der Waals surface area contributed by atoms with Crippen LogP contribution in [0.2, 0.25) is 0 Å². The second kappa shape index (κ2) is 5.16.